The summed E-state index contributed by atoms with van der Waals surface area (Å²) in [6, 6.07) is 10.6. The molecule has 10 heteroatoms. The average molecular weight is 581 g/mol. The van der Waals surface area contributed by atoms with Gasteiger partial charge in [0.25, 0.3) is 0 Å². The maximum atomic E-state index is 14.6. The highest BCUT2D eigenvalue weighted by Crippen LogP contribution is 2.30. The van der Waals surface area contributed by atoms with Crippen LogP contribution < -0.4 is 9.47 Å². The van der Waals surface area contributed by atoms with Crippen molar-refractivity contribution in [3.05, 3.63) is 71.3 Å². The molecule has 5 nitrogen and oxygen atoms in total. The second-order valence-electron chi connectivity index (χ2n) is 9.69. The maximum absolute atomic E-state index is 14.6. The lowest BCUT2D eigenvalue weighted by molar-refractivity contribution is -0.206. The fourth-order valence-corrected chi connectivity index (χ4v) is 4.15. The molecule has 0 saturated heterocycles. The van der Waals surface area contributed by atoms with Crippen LogP contribution in [0.2, 0.25) is 0 Å². The van der Waals surface area contributed by atoms with Crippen molar-refractivity contribution in [3.8, 4) is 11.5 Å². The van der Waals surface area contributed by atoms with Crippen LogP contribution in [0.5, 0.6) is 11.5 Å². The Balaban J connectivity index is 1.68. The number of unbranched alkanes of at least 4 members (excludes halogenated alkanes) is 5. The molecule has 222 valence electrons. The van der Waals surface area contributed by atoms with Crippen LogP contribution in [0.15, 0.2) is 48.5 Å². The minimum Gasteiger partial charge on any atom is -0.490 e. The molecule has 0 unspecified atom stereocenters. The van der Waals surface area contributed by atoms with Gasteiger partial charge in [0.1, 0.15) is 5.75 Å². The van der Waals surface area contributed by atoms with E-state index in [9.17, 15) is 31.5 Å². The summed E-state index contributed by atoms with van der Waals surface area (Å²) >= 11 is 0. The molecule has 0 aliphatic carbocycles. The van der Waals surface area contributed by atoms with E-state index in [1.807, 2.05) is 13.8 Å². The molecule has 0 N–H and O–H groups in total. The SMILES string of the molecule is CCCCCC[C@H](OC(=O)c1ccc2cc(OC(=O)c3ccc(OCCCCC)c(F)c3F)ccc2c1)C(F)(F)F. The van der Waals surface area contributed by atoms with Gasteiger partial charge >= 0.3 is 18.1 Å². The van der Waals surface area contributed by atoms with Crippen LogP contribution in [0.25, 0.3) is 10.8 Å². The fraction of sp³-hybridized carbons (Fsp3) is 0.419. The molecule has 1 atom stereocenters. The van der Waals surface area contributed by atoms with E-state index in [-0.39, 0.29) is 36.5 Å². The van der Waals surface area contributed by atoms with Crippen LogP contribution in [-0.2, 0) is 4.74 Å². The number of carbonyl (C=O) groups is 2. The molecule has 0 aliphatic rings. The van der Waals surface area contributed by atoms with Crippen LogP contribution in [0.4, 0.5) is 22.0 Å². The molecule has 0 aliphatic heterocycles. The highest BCUT2D eigenvalue weighted by atomic mass is 19.4. The number of alkyl halides is 3. The van der Waals surface area contributed by atoms with E-state index in [1.54, 1.807) is 0 Å². The Labute approximate surface area is 235 Å². The van der Waals surface area contributed by atoms with Crippen molar-refractivity contribution in [1.29, 1.82) is 0 Å². The maximum Gasteiger partial charge on any atom is 0.425 e. The Morgan fingerprint density at radius 1 is 0.780 bits per heavy atom. The van der Waals surface area contributed by atoms with Crippen LogP contribution in [-0.4, -0.2) is 30.8 Å². The molecule has 0 amide bonds. The van der Waals surface area contributed by atoms with Gasteiger partial charge < -0.3 is 14.2 Å². The van der Waals surface area contributed by atoms with Gasteiger partial charge in [0.15, 0.2) is 17.7 Å². The first-order valence-electron chi connectivity index (χ1n) is 13.7. The lowest BCUT2D eigenvalue weighted by atomic mass is 10.1. The minimum atomic E-state index is -4.68. The number of benzene rings is 3. The van der Waals surface area contributed by atoms with Gasteiger partial charge in [-0.3, -0.25) is 0 Å². The number of hydrogen-bond acceptors (Lipinski definition) is 5. The van der Waals surface area contributed by atoms with E-state index >= 15 is 0 Å². The molecule has 3 aromatic rings. The van der Waals surface area contributed by atoms with Crippen LogP contribution >= 0.6 is 0 Å². The van der Waals surface area contributed by atoms with E-state index < -0.39 is 41.4 Å². The van der Waals surface area contributed by atoms with Crippen molar-refractivity contribution < 1.29 is 45.8 Å². The number of esters is 2. The average Bonchev–Trinajstić information content (AvgIpc) is 2.93. The summed E-state index contributed by atoms with van der Waals surface area (Å²) in [6.07, 6.45) is -2.12. The molecule has 0 fully saturated rings. The largest absolute Gasteiger partial charge is 0.490 e. The summed E-state index contributed by atoms with van der Waals surface area (Å²) in [5.74, 6) is -5.20. The van der Waals surface area contributed by atoms with Gasteiger partial charge in [-0.25, -0.2) is 14.0 Å². The molecule has 3 rings (SSSR count). The van der Waals surface area contributed by atoms with Crippen molar-refractivity contribution in [1.82, 2.24) is 0 Å². The molecule has 0 aromatic heterocycles. The van der Waals surface area contributed by atoms with Gasteiger partial charge in [-0.1, -0.05) is 58.1 Å². The fourth-order valence-electron chi connectivity index (χ4n) is 4.15. The molecule has 0 spiro atoms. The normalized spacial score (nSPS) is 12.3. The summed E-state index contributed by atoms with van der Waals surface area (Å²) in [4.78, 5) is 25.1. The lowest BCUT2D eigenvalue weighted by Crippen LogP contribution is -2.33. The quantitative estimate of drug-likeness (QED) is 0.0824. The predicted molar refractivity (Wildman–Crippen MR) is 144 cm³/mol. The second-order valence-corrected chi connectivity index (χ2v) is 9.69. The standard InChI is InChI=1S/C31H33F5O5/c1-3-5-7-8-10-26(31(34,35)36)41-29(37)22-12-11-21-19-23(14-13-20(21)18-22)40-30(38)24-15-16-25(28(33)27(24)32)39-17-9-6-4-2/h11-16,18-19,26H,3-10,17H2,1-2H3/t26-/m0/s1. The number of halogens is 5. The van der Waals surface area contributed by atoms with E-state index in [2.05, 4.69) is 0 Å². The molecular formula is C31H33F5O5. The lowest BCUT2D eigenvalue weighted by Gasteiger charge is -2.20. The van der Waals surface area contributed by atoms with Gasteiger partial charge in [-0.15, -0.1) is 0 Å². The van der Waals surface area contributed by atoms with Crippen molar-refractivity contribution in [3.63, 3.8) is 0 Å². The monoisotopic (exact) mass is 580 g/mol. The highest BCUT2D eigenvalue weighted by Gasteiger charge is 2.42. The third kappa shape index (κ3) is 8.90. The minimum absolute atomic E-state index is 0.0155. The molecule has 41 heavy (non-hydrogen) atoms. The van der Waals surface area contributed by atoms with Gasteiger partial charge in [0.05, 0.1) is 17.7 Å². The van der Waals surface area contributed by atoms with E-state index in [4.69, 9.17) is 14.2 Å². The first-order chi connectivity index (χ1) is 19.5. The molecule has 3 aromatic carbocycles. The van der Waals surface area contributed by atoms with Crippen LogP contribution in [0.1, 0.15) is 85.9 Å². The zero-order chi connectivity index (χ0) is 30.0. The number of fused-ring (bicyclic) bond motifs is 1. The van der Waals surface area contributed by atoms with Crippen molar-refractivity contribution >= 4 is 22.7 Å². The number of ether oxygens (including phenoxy) is 3. The predicted octanol–water partition coefficient (Wildman–Crippen LogP) is 8.96. The van der Waals surface area contributed by atoms with Crippen LogP contribution in [0.3, 0.4) is 0 Å². The smallest absolute Gasteiger partial charge is 0.425 e. The first kappa shape index (κ1) is 31.8. The molecule has 0 bridgehead atoms. The van der Waals surface area contributed by atoms with Crippen molar-refractivity contribution in [2.24, 2.45) is 0 Å². The Morgan fingerprint density at radius 2 is 1.46 bits per heavy atom. The zero-order valence-corrected chi connectivity index (χ0v) is 23.0. The van der Waals surface area contributed by atoms with Crippen molar-refractivity contribution in [2.75, 3.05) is 6.61 Å². The zero-order valence-electron chi connectivity index (χ0n) is 23.0. The molecule has 0 saturated carbocycles. The first-order valence-corrected chi connectivity index (χ1v) is 13.7. The van der Waals surface area contributed by atoms with Gasteiger partial charge in [-0.05, 0) is 66.4 Å². The summed E-state index contributed by atoms with van der Waals surface area (Å²) in [5.41, 5.74) is -0.685. The van der Waals surface area contributed by atoms with Crippen molar-refractivity contribution in [2.45, 2.75) is 77.5 Å². The number of rotatable bonds is 14. The topological polar surface area (TPSA) is 61.8 Å². The Morgan fingerprint density at radius 3 is 2.17 bits per heavy atom. The molecular weight excluding hydrogens is 547 g/mol. The van der Waals surface area contributed by atoms with E-state index in [0.29, 0.717) is 23.6 Å². The van der Waals surface area contributed by atoms with E-state index in [0.717, 1.165) is 37.8 Å². The third-order valence-corrected chi connectivity index (χ3v) is 6.46. The Kier molecular flexibility index (Phi) is 11.5. The summed E-state index contributed by atoms with van der Waals surface area (Å²) < 4.78 is 84.5. The van der Waals surface area contributed by atoms with E-state index in [1.165, 1.54) is 36.4 Å². The Bertz CT molecular complexity index is 1340. The Hall–Kier alpha value is -3.69. The van der Waals surface area contributed by atoms with Crippen LogP contribution in [0, 0.1) is 11.6 Å². The number of hydrogen-bond donors (Lipinski definition) is 0. The highest BCUT2D eigenvalue weighted by molar-refractivity contribution is 5.96. The second kappa shape index (κ2) is 14.8. The third-order valence-electron chi connectivity index (χ3n) is 6.46. The summed E-state index contributed by atoms with van der Waals surface area (Å²) in [6.45, 7) is 4.16. The molecule has 0 heterocycles. The number of carbonyl (C=O) groups excluding carboxylic acids is 2. The van der Waals surface area contributed by atoms with Gasteiger partial charge in [0.2, 0.25) is 5.82 Å². The summed E-state index contributed by atoms with van der Waals surface area (Å²) in [5, 5.41) is 0.953. The summed E-state index contributed by atoms with van der Waals surface area (Å²) in [7, 11) is 0. The van der Waals surface area contributed by atoms with Gasteiger partial charge in [0, 0.05) is 0 Å². The molecule has 0 radical (unpaired) electrons. The van der Waals surface area contributed by atoms with Gasteiger partial charge in [-0.2, -0.15) is 17.6 Å².